The molecular weight excluding hydrogens is 220 g/mol. The molecular formula is C16H34N2. The van der Waals surface area contributed by atoms with Crippen molar-refractivity contribution >= 4 is 0 Å². The van der Waals surface area contributed by atoms with E-state index in [0.717, 1.165) is 6.04 Å². The molecule has 18 heavy (non-hydrogen) atoms. The molecule has 2 heteroatoms. The summed E-state index contributed by atoms with van der Waals surface area (Å²) in [4.78, 5) is 2.53. The molecule has 1 N–H and O–H groups in total. The number of nitrogens with zero attached hydrogens (tertiary/aromatic N) is 1. The smallest absolute Gasteiger partial charge is 0.0217 e. The van der Waals surface area contributed by atoms with E-state index in [1.165, 1.54) is 83.8 Å². The molecule has 0 saturated carbocycles. The third-order valence-electron chi connectivity index (χ3n) is 4.26. The van der Waals surface area contributed by atoms with Crippen LogP contribution in [0.4, 0.5) is 0 Å². The van der Waals surface area contributed by atoms with Gasteiger partial charge in [-0.1, -0.05) is 51.9 Å². The predicted octanol–water partition coefficient (Wildman–Crippen LogP) is 3.81. The predicted molar refractivity (Wildman–Crippen MR) is 81.1 cm³/mol. The van der Waals surface area contributed by atoms with Gasteiger partial charge in [-0.15, -0.1) is 0 Å². The molecule has 0 bridgehead atoms. The van der Waals surface area contributed by atoms with Crippen molar-refractivity contribution in [2.24, 2.45) is 0 Å². The summed E-state index contributed by atoms with van der Waals surface area (Å²) in [6, 6.07) is 0.795. The van der Waals surface area contributed by atoms with E-state index in [0.29, 0.717) is 0 Å². The van der Waals surface area contributed by atoms with E-state index in [1.807, 2.05) is 0 Å². The molecule has 108 valence electrons. The van der Waals surface area contributed by atoms with Gasteiger partial charge >= 0.3 is 0 Å². The van der Waals surface area contributed by atoms with Crippen LogP contribution in [0.15, 0.2) is 0 Å². The van der Waals surface area contributed by atoms with E-state index in [4.69, 9.17) is 0 Å². The first-order valence-corrected chi connectivity index (χ1v) is 8.25. The quantitative estimate of drug-likeness (QED) is 0.596. The van der Waals surface area contributed by atoms with Crippen molar-refractivity contribution < 1.29 is 0 Å². The molecule has 0 aliphatic carbocycles. The van der Waals surface area contributed by atoms with Gasteiger partial charge in [0.1, 0.15) is 0 Å². The Morgan fingerprint density at radius 1 is 1.00 bits per heavy atom. The van der Waals surface area contributed by atoms with E-state index >= 15 is 0 Å². The SMILES string of the molecule is CCCCCCCCCNCC1CCCCN1C. The fourth-order valence-electron chi connectivity index (χ4n) is 2.88. The Bertz CT molecular complexity index is 182. The molecule has 0 aromatic rings. The number of rotatable bonds is 10. The highest BCUT2D eigenvalue weighted by atomic mass is 15.2. The number of hydrogen-bond donors (Lipinski definition) is 1. The number of unbranched alkanes of at least 4 members (excludes halogenated alkanes) is 6. The fourth-order valence-corrected chi connectivity index (χ4v) is 2.88. The second-order valence-electron chi connectivity index (χ2n) is 5.96. The maximum absolute atomic E-state index is 3.65. The Balaban J connectivity index is 1.83. The first-order chi connectivity index (χ1) is 8.84. The fraction of sp³-hybridized carbons (Fsp3) is 1.00. The number of likely N-dealkylation sites (N-methyl/N-ethyl adjacent to an activating group) is 1. The molecule has 1 unspecified atom stereocenters. The van der Waals surface area contributed by atoms with Gasteiger partial charge in [-0.05, 0) is 39.4 Å². The maximum atomic E-state index is 3.65. The van der Waals surface area contributed by atoms with Gasteiger partial charge in [-0.25, -0.2) is 0 Å². The molecule has 1 aliphatic heterocycles. The molecule has 1 rings (SSSR count). The standard InChI is InChI=1S/C16H34N2/c1-3-4-5-6-7-8-10-13-17-15-16-12-9-11-14-18(16)2/h16-17H,3-15H2,1-2H3. The zero-order chi connectivity index (χ0) is 13.1. The lowest BCUT2D eigenvalue weighted by atomic mass is 10.0. The highest BCUT2D eigenvalue weighted by Gasteiger charge is 2.17. The van der Waals surface area contributed by atoms with Crippen molar-refractivity contribution in [2.75, 3.05) is 26.7 Å². The number of piperidine rings is 1. The maximum Gasteiger partial charge on any atom is 0.0217 e. The van der Waals surface area contributed by atoms with Gasteiger partial charge in [0.2, 0.25) is 0 Å². The summed E-state index contributed by atoms with van der Waals surface area (Å²) in [5, 5.41) is 3.65. The molecule has 1 aliphatic rings. The summed E-state index contributed by atoms with van der Waals surface area (Å²) in [6.07, 6.45) is 14.1. The van der Waals surface area contributed by atoms with E-state index in [1.54, 1.807) is 0 Å². The Hall–Kier alpha value is -0.0800. The van der Waals surface area contributed by atoms with Gasteiger partial charge < -0.3 is 10.2 Å². The lowest BCUT2D eigenvalue weighted by Gasteiger charge is -2.32. The summed E-state index contributed by atoms with van der Waals surface area (Å²) in [5.41, 5.74) is 0. The van der Waals surface area contributed by atoms with Crippen molar-refractivity contribution in [2.45, 2.75) is 77.2 Å². The third kappa shape index (κ3) is 7.38. The van der Waals surface area contributed by atoms with Gasteiger partial charge in [0, 0.05) is 12.6 Å². The topological polar surface area (TPSA) is 15.3 Å². The van der Waals surface area contributed by atoms with Crippen molar-refractivity contribution in [1.82, 2.24) is 10.2 Å². The summed E-state index contributed by atoms with van der Waals surface area (Å²) < 4.78 is 0. The van der Waals surface area contributed by atoms with E-state index in [-0.39, 0.29) is 0 Å². The molecule has 0 radical (unpaired) electrons. The van der Waals surface area contributed by atoms with Crippen molar-refractivity contribution in [3.8, 4) is 0 Å². The monoisotopic (exact) mass is 254 g/mol. The van der Waals surface area contributed by atoms with Crippen LogP contribution in [0.1, 0.15) is 71.1 Å². The van der Waals surface area contributed by atoms with E-state index in [9.17, 15) is 0 Å². The minimum absolute atomic E-state index is 0.795. The summed E-state index contributed by atoms with van der Waals surface area (Å²) >= 11 is 0. The van der Waals surface area contributed by atoms with Crippen LogP contribution >= 0.6 is 0 Å². The lowest BCUT2D eigenvalue weighted by Crippen LogP contribution is -2.43. The molecule has 1 fully saturated rings. The van der Waals surface area contributed by atoms with Crippen LogP contribution in [0.5, 0.6) is 0 Å². The lowest BCUT2D eigenvalue weighted by molar-refractivity contribution is 0.181. The Kier molecular flexibility index (Phi) is 9.59. The van der Waals surface area contributed by atoms with Crippen LogP contribution in [0.25, 0.3) is 0 Å². The molecule has 2 nitrogen and oxygen atoms in total. The van der Waals surface area contributed by atoms with Gasteiger partial charge in [-0.2, -0.15) is 0 Å². The van der Waals surface area contributed by atoms with Gasteiger partial charge in [0.05, 0.1) is 0 Å². The average molecular weight is 254 g/mol. The minimum atomic E-state index is 0.795. The number of hydrogen-bond acceptors (Lipinski definition) is 2. The van der Waals surface area contributed by atoms with Crippen LogP contribution in [0.3, 0.4) is 0 Å². The van der Waals surface area contributed by atoms with Crippen LogP contribution in [0, 0.1) is 0 Å². The molecule has 0 amide bonds. The van der Waals surface area contributed by atoms with Gasteiger partial charge in [-0.3, -0.25) is 0 Å². The molecule has 0 spiro atoms. The minimum Gasteiger partial charge on any atom is -0.315 e. The van der Waals surface area contributed by atoms with E-state index in [2.05, 4.69) is 24.2 Å². The number of nitrogens with one attached hydrogen (secondary N) is 1. The van der Waals surface area contributed by atoms with Gasteiger partial charge in [0.25, 0.3) is 0 Å². The van der Waals surface area contributed by atoms with Crippen molar-refractivity contribution in [3.63, 3.8) is 0 Å². The largest absolute Gasteiger partial charge is 0.315 e. The van der Waals surface area contributed by atoms with Gasteiger partial charge in [0.15, 0.2) is 0 Å². The Labute approximate surface area is 115 Å². The molecule has 1 saturated heterocycles. The first-order valence-electron chi connectivity index (χ1n) is 8.25. The molecule has 0 aromatic heterocycles. The van der Waals surface area contributed by atoms with Crippen LogP contribution in [-0.2, 0) is 0 Å². The number of likely N-dealkylation sites (tertiary alicyclic amines) is 1. The second-order valence-corrected chi connectivity index (χ2v) is 5.96. The Morgan fingerprint density at radius 2 is 1.72 bits per heavy atom. The summed E-state index contributed by atoms with van der Waals surface area (Å²) in [6.45, 7) is 6.00. The van der Waals surface area contributed by atoms with Crippen molar-refractivity contribution in [3.05, 3.63) is 0 Å². The van der Waals surface area contributed by atoms with Crippen molar-refractivity contribution in [1.29, 1.82) is 0 Å². The molecule has 1 atom stereocenters. The van der Waals surface area contributed by atoms with E-state index < -0.39 is 0 Å². The summed E-state index contributed by atoms with van der Waals surface area (Å²) in [5.74, 6) is 0. The summed E-state index contributed by atoms with van der Waals surface area (Å²) in [7, 11) is 2.28. The zero-order valence-electron chi connectivity index (χ0n) is 12.7. The Morgan fingerprint density at radius 3 is 2.44 bits per heavy atom. The molecule has 0 aromatic carbocycles. The zero-order valence-corrected chi connectivity index (χ0v) is 12.7. The highest BCUT2D eigenvalue weighted by Crippen LogP contribution is 2.14. The third-order valence-corrected chi connectivity index (χ3v) is 4.26. The van der Waals surface area contributed by atoms with Crippen LogP contribution in [-0.4, -0.2) is 37.6 Å². The average Bonchev–Trinajstić information content (AvgIpc) is 2.39. The normalized spacial score (nSPS) is 21.3. The second kappa shape index (κ2) is 10.8. The molecule has 1 heterocycles. The first kappa shape index (κ1) is 16.0. The highest BCUT2D eigenvalue weighted by molar-refractivity contribution is 4.75. The van der Waals surface area contributed by atoms with Crippen LogP contribution in [0.2, 0.25) is 0 Å². The van der Waals surface area contributed by atoms with Crippen LogP contribution < -0.4 is 5.32 Å².